The van der Waals surface area contributed by atoms with E-state index in [1.165, 1.54) is 6.07 Å². The third-order valence-electron chi connectivity index (χ3n) is 4.06. The number of rotatable bonds is 2. The Kier molecular flexibility index (Phi) is 3.89. The van der Waals surface area contributed by atoms with E-state index in [2.05, 4.69) is 15.0 Å². The fourth-order valence-electron chi connectivity index (χ4n) is 2.85. The van der Waals surface area contributed by atoms with Crippen LogP contribution in [0.3, 0.4) is 0 Å². The lowest BCUT2D eigenvalue weighted by atomic mass is 9.98. The molecule has 26 heavy (non-hydrogen) atoms. The van der Waals surface area contributed by atoms with Crippen LogP contribution >= 0.6 is 11.6 Å². The monoisotopic (exact) mass is 365 g/mol. The minimum absolute atomic E-state index is 0.0471. The minimum atomic E-state index is -0.471. The second-order valence-electron chi connectivity index (χ2n) is 5.73. The molecule has 0 saturated carbocycles. The maximum Gasteiger partial charge on any atom is 0.222 e. The zero-order valence-electron chi connectivity index (χ0n) is 13.4. The van der Waals surface area contributed by atoms with Crippen LogP contribution in [-0.2, 0) is 0 Å². The third kappa shape index (κ3) is 2.80. The molecule has 5 nitrogen and oxygen atoms in total. The molecule has 0 aliphatic rings. The Hall–Kier alpha value is -3.25. The summed E-state index contributed by atoms with van der Waals surface area (Å²) < 4.78 is 13.5. The lowest BCUT2D eigenvalue weighted by molar-refractivity contribution is 0.628. The van der Waals surface area contributed by atoms with Gasteiger partial charge in [-0.2, -0.15) is 4.98 Å². The van der Waals surface area contributed by atoms with Crippen molar-refractivity contribution in [3.05, 3.63) is 65.6 Å². The van der Waals surface area contributed by atoms with Crippen molar-refractivity contribution in [1.82, 2.24) is 15.0 Å². The van der Waals surface area contributed by atoms with Gasteiger partial charge in [0.25, 0.3) is 0 Å². The number of hydrogen-bond donors (Lipinski definition) is 2. The number of hydrogen-bond acceptors (Lipinski definition) is 5. The van der Waals surface area contributed by atoms with Gasteiger partial charge in [0, 0.05) is 22.7 Å². The molecule has 0 bridgehead atoms. The van der Waals surface area contributed by atoms with E-state index in [9.17, 15) is 4.39 Å². The van der Waals surface area contributed by atoms with Gasteiger partial charge < -0.3 is 11.5 Å². The highest BCUT2D eigenvalue weighted by molar-refractivity contribution is 6.31. The van der Waals surface area contributed by atoms with Crippen LogP contribution in [0.5, 0.6) is 0 Å². The summed E-state index contributed by atoms with van der Waals surface area (Å²) in [6.45, 7) is 0. The van der Waals surface area contributed by atoms with Gasteiger partial charge in [-0.25, -0.2) is 9.37 Å². The Morgan fingerprint density at radius 3 is 2.54 bits per heavy atom. The Labute approximate surface area is 153 Å². The van der Waals surface area contributed by atoms with E-state index in [1.807, 2.05) is 30.3 Å². The number of nitrogens with two attached hydrogens (primary N) is 2. The predicted molar refractivity (Wildman–Crippen MR) is 102 cm³/mol. The van der Waals surface area contributed by atoms with E-state index < -0.39 is 5.82 Å². The number of pyridine rings is 1. The van der Waals surface area contributed by atoms with Gasteiger partial charge in [0.2, 0.25) is 5.95 Å². The van der Waals surface area contributed by atoms with E-state index in [4.69, 9.17) is 23.1 Å². The molecule has 0 unspecified atom stereocenters. The predicted octanol–water partition coefficient (Wildman–Crippen LogP) is 4.32. The summed E-state index contributed by atoms with van der Waals surface area (Å²) in [5.74, 6) is -0.0269. The average Bonchev–Trinajstić information content (AvgIpc) is 2.63. The maximum atomic E-state index is 13.5. The number of nitrogen functional groups attached to an aromatic ring is 2. The average molecular weight is 366 g/mol. The molecule has 0 saturated heterocycles. The van der Waals surface area contributed by atoms with Crippen LogP contribution < -0.4 is 11.5 Å². The molecule has 7 heteroatoms. The highest BCUT2D eigenvalue weighted by atomic mass is 35.5. The number of benzene rings is 2. The van der Waals surface area contributed by atoms with Crippen molar-refractivity contribution in [1.29, 1.82) is 0 Å². The molecule has 0 spiro atoms. The topological polar surface area (TPSA) is 90.7 Å². The molecular weight excluding hydrogens is 353 g/mol. The molecule has 0 atom stereocenters. The van der Waals surface area contributed by atoms with Crippen LogP contribution in [0.25, 0.3) is 33.3 Å². The molecule has 0 aliphatic carbocycles. The fourth-order valence-corrected chi connectivity index (χ4v) is 3.03. The van der Waals surface area contributed by atoms with Crippen molar-refractivity contribution in [3.8, 4) is 22.4 Å². The first-order valence-electron chi connectivity index (χ1n) is 7.76. The Balaban J connectivity index is 1.91. The van der Waals surface area contributed by atoms with Gasteiger partial charge in [-0.3, -0.25) is 4.98 Å². The number of anilines is 2. The first-order chi connectivity index (χ1) is 12.5. The van der Waals surface area contributed by atoms with Crippen molar-refractivity contribution < 1.29 is 4.39 Å². The standard InChI is InChI=1S/C19H13ClFN5/c20-14-8-11(4-6-15(14)21)17-12(2-1-7-24-17)10-3-5-13-16(9-10)25-19(23)26-18(13)22/h1-9H,(H4,22,23,25,26). The van der Waals surface area contributed by atoms with Crippen molar-refractivity contribution in [2.75, 3.05) is 11.5 Å². The smallest absolute Gasteiger partial charge is 0.222 e. The Morgan fingerprint density at radius 2 is 1.73 bits per heavy atom. The molecule has 2 heterocycles. The Bertz CT molecular complexity index is 1150. The molecule has 0 aliphatic heterocycles. The van der Waals surface area contributed by atoms with E-state index in [-0.39, 0.29) is 11.0 Å². The molecule has 4 aromatic rings. The zero-order valence-corrected chi connectivity index (χ0v) is 14.2. The molecule has 2 aromatic heterocycles. The van der Waals surface area contributed by atoms with Crippen molar-refractivity contribution >= 4 is 34.3 Å². The Morgan fingerprint density at radius 1 is 0.923 bits per heavy atom. The van der Waals surface area contributed by atoms with Gasteiger partial charge in [0.1, 0.15) is 11.6 Å². The molecule has 4 N–H and O–H groups in total. The van der Waals surface area contributed by atoms with Crippen LogP contribution in [-0.4, -0.2) is 15.0 Å². The van der Waals surface area contributed by atoms with Crippen molar-refractivity contribution in [2.45, 2.75) is 0 Å². The van der Waals surface area contributed by atoms with E-state index in [1.54, 1.807) is 18.3 Å². The maximum absolute atomic E-state index is 13.5. The largest absolute Gasteiger partial charge is 0.383 e. The van der Waals surface area contributed by atoms with Crippen LogP contribution in [0.4, 0.5) is 16.2 Å². The van der Waals surface area contributed by atoms with Crippen LogP contribution in [0.15, 0.2) is 54.7 Å². The van der Waals surface area contributed by atoms with Crippen molar-refractivity contribution in [2.24, 2.45) is 0 Å². The van der Waals surface area contributed by atoms with Gasteiger partial charge >= 0.3 is 0 Å². The summed E-state index contributed by atoms with van der Waals surface area (Å²) in [5.41, 5.74) is 15.4. The van der Waals surface area contributed by atoms with Gasteiger partial charge in [-0.05, 0) is 42.0 Å². The fraction of sp³-hybridized carbons (Fsp3) is 0. The van der Waals surface area contributed by atoms with E-state index in [0.29, 0.717) is 22.6 Å². The van der Waals surface area contributed by atoms with Crippen molar-refractivity contribution in [3.63, 3.8) is 0 Å². The second kappa shape index (κ2) is 6.24. The molecule has 128 valence electrons. The zero-order chi connectivity index (χ0) is 18.3. The first-order valence-corrected chi connectivity index (χ1v) is 8.14. The molecule has 2 aromatic carbocycles. The SMILES string of the molecule is Nc1nc(N)c2ccc(-c3cccnc3-c3ccc(F)c(Cl)c3)cc2n1. The molecular formula is C19H13ClFN5. The van der Waals surface area contributed by atoms with Gasteiger partial charge in [-0.1, -0.05) is 23.7 Å². The normalized spacial score (nSPS) is 11.0. The summed E-state index contributed by atoms with van der Waals surface area (Å²) in [6, 6.07) is 13.9. The van der Waals surface area contributed by atoms with E-state index >= 15 is 0 Å². The lowest BCUT2D eigenvalue weighted by Gasteiger charge is -2.11. The van der Waals surface area contributed by atoms with Gasteiger partial charge in [0.15, 0.2) is 0 Å². The summed E-state index contributed by atoms with van der Waals surface area (Å²) >= 11 is 5.93. The molecule has 0 radical (unpaired) electrons. The van der Waals surface area contributed by atoms with Crippen LogP contribution in [0.1, 0.15) is 0 Å². The summed E-state index contributed by atoms with van der Waals surface area (Å²) in [7, 11) is 0. The number of halogens is 2. The minimum Gasteiger partial charge on any atom is -0.383 e. The lowest BCUT2D eigenvalue weighted by Crippen LogP contribution is -2.00. The highest BCUT2D eigenvalue weighted by Crippen LogP contribution is 2.33. The molecule has 0 fully saturated rings. The van der Waals surface area contributed by atoms with Gasteiger partial charge in [-0.15, -0.1) is 0 Å². The summed E-state index contributed by atoms with van der Waals surface area (Å²) in [4.78, 5) is 12.7. The second-order valence-corrected chi connectivity index (χ2v) is 6.13. The highest BCUT2D eigenvalue weighted by Gasteiger charge is 2.12. The third-order valence-corrected chi connectivity index (χ3v) is 4.35. The molecule has 0 amide bonds. The van der Waals surface area contributed by atoms with E-state index in [0.717, 1.165) is 16.5 Å². The summed E-state index contributed by atoms with van der Waals surface area (Å²) in [5, 5.41) is 0.768. The number of fused-ring (bicyclic) bond motifs is 1. The quantitative estimate of drug-likeness (QED) is 0.552. The summed E-state index contributed by atoms with van der Waals surface area (Å²) in [6.07, 6.45) is 1.68. The van der Waals surface area contributed by atoms with Gasteiger partial charge in [0.05, 0.1) is 16.2 Å². The first kappa shape index (κ1) is 16.2. The molecule has 4 rings (SSSR count). The van der Waals surface area contributed by atoms with Crippen LogP contribution in [0.2, 0.25) is 5.02 Å². The number of nitrogens with zero attached hydrogens (tertiary/aromatic N) is 3. The van der Waals surface area contributed by atoms with Crippen LogP contribution in [0, 0.1) is 5.82 Å². The number of aromatic nitrogens is 3.